The van der Waals surface area contributed by atoms with Crippen LogP contribution < -0.4 is 5.73 Å². The molecule has 1 aromatic heterocycles. The van der Waals surface area contributed by atoms with Crippen LogP contribution in [-0.2, 0) is 11.8 Å². The largest absolute Gasteiger partial charge is 0.339 e. The van der Waals surface area contributed by atoms with E-state index in [1.807, 2.05) is 0 Å². The van der Waals surface area contributed by atoms with Crippen LogP contribution in [0.2, 0.25) is 0 Å². The molecule has 2 heterocycles. The molecule has 122 valence electrons. The molecule has 1 aromatic rings. The van der Waals surface area contributed by atoms with E-state index in [-0.39, 0.29) is 11.0 Å². The second kappa shape index (κ2) is 5.03. The Labute approximate surface area is 132 Å². The summed E-state index contributed by atoms with van der Waals surface area (Å²) in [5.74, 6) is 3.29. The fraction of sp³-hybridized carbons (Fsp3) is 0.882. The Kier molecular flexibility index (Phi) is 3.35. The van der Waals surface area contributed by atoms with Crippen LogP contribution in [0.1, 0.15) is 57.7 Å². The lowest BCUT2D eigenvalue weighted by atomic mass is 9.80. The number of aromatic nitrogens is 2. The van der Waals surface area contributed by atoms with Gasteiger partial charge in [0.25, 0.3) is 0 Å². The Bertz CT molecular complexity index is 545. The molecule has 2 N–H and O–H groups in total. The van der Waals surface area contributed by atoms with Gasteiger partial charge in [0.1, 0.15) is 0 Å². The van der Waals surface area contributed by atoms with Crippen molar-refractivity contribution >= 4 is 0 Å². The van der Waals surface area contributed by atoms with E-state index in [1.54, 1.807) is 0 Å². The zero-order chi connectivity index (χ0) is 15.4. The molecule has 3 aliphatic rings. The fourth-order valence-corrected chi connectivity index (χ4v) is 4.56. The first-order chi connectivity index (χ1) is 10.4. The Balaban J connectivity index is 1.53. The zero-order valence-corrected chi connectivity index (χ0v) is 13.8. The number of nitrogens with zero attached hydrogens (tertiary/aromatic N) is 3. The van der Waals surface area contributed by atoms with Gasteiger partial charge in [0.15, 0.2) is 5.82 Å². The van der Waals surface area contributed by atoms with Gasteiger partial charge in [-0.3, -0.25) is 0 Å². The molecule has 5 heteroatoms. The summed E-state index contributed by atoms with van der Waals surface area (Å²) in [5, 5.41) is 4.27. The summed E-state index contributed by atoms with van der Waals surface area (Å²) in [5.41, 5.74) is 6.17. The lowest BCUT2D eigenvalue weighted by Crippen LogP contribution is -2.45. The molecule has 4 rings (SSSR count). The molecule has 2 atom stereocenters. The van der Waals surface area contributed by atoms with Gasteiger partial charge in [-0.25, -0.2) is 0 Å². The summed E-state index contributed by atoms with van der Waals surface area (Å²) in [6, 6.07) is 0. The quantitative estimate of drug-likeness (QED) is 0.902. The first kappa shape index (κ1) is 14.6. The minimum absolute atomic E-state index is 0.0973. The van der Waals surface area contributed by atoms with Gasteiger partial charge in [0, 0.05) is 31.6 Å². The maximum absolute atomic E-state index is 6.22. The zero-order valence-electron chi connectivity index (χ0n) is 13.8. The maximum Gasteiger partial charge on any atom is 0.234 e. The predicted octanol–water partition coefficient (Wildman–Crippen LogP) is 2.11. The van der Waals surface area contributed by atoms with Crippen molar-refractivity contribution < 1.29 is 4.52 Å². The van der Waals surface area contributed by atoms with E-state index in [4.69, 9.17) is 15.2 Å². The van der Waals surface area contributed by atoms with Crippen LogP contribution in [0, 0.1) is 11.8 Å². The lowest BCUT2D eigenvalue weighted by molar-refractivity contribution is 0.227. The highest BCUT2D eigenvalue weighted by molar-refractivity contribution is 5.17. The monoisotopic (exact) mass is 304 g/mol. The van der Waals surface area contributed by atoms with Crippen LogP contribution in [-0.4, -0.2) is 40.2 Å². The van der Waals surface area contributed by atoms with Crippen molar-refractivity contribution in [1.82, 2.24) is 15.0 Å². The molecular weight excluding hydrogens is 276 g/mol. The van der Waals surface area contributed by atoms with Crippen LogP contribution in [0.4, 0.5) is 0 Å². The lowest BCUT2D eigenvalue weighted by Gasteiger charge is -2.28. The summed E-state index contributed by atoms with van der Waals surface area (Å²) in [6.45, 7) is 7.31. The number of fused-ring (bicyclic) bond motifs is 1. The summed E-state index contributed by atoms with van der Waals surface area (Å²) < 4.78 is 5.74. The number of rotatable bonds is 5. The van der Waals surface area contributed by atoms with Crippen molar-refractivity contribution in [3.8, 4) is 0 Å². The van der Waals surface area contributed by atoms with E-state index in [2.05, 4.69) is 23.9 Å². The highest BCUT2D eigenvalue weighted by Crippen LogP contribution is 2.50. The smallest absolute Gasteiger partial charge is 0.234 e. The highest BCUT2D eigenvalue weighted by atomic mass is 16.5. The third kappa shape index (κ3) is 2.69. The second-order valence-electron chi connectivity index (χ2n) is 8.57. The first-order valence-electron chi connectivity index (χ1n) is 8.79. The Morgan fingerprint density at radius 2 is 2.18 bits per heavy atom. The summed E-state index contributed by atoms with van der Waals surface area (Å²) >= 11 is 0. The normalized spacial score (nSPS) is 32.6. The van der Waals surface area contributed by atoms with Crippen LogP contribution >= 0.6 is 0 Å². The minimum Gasteiger partial charge on any atom is -0.339 e. The Morgan fingerprint density at radius 3 is 2.91 bits per heavy atom. The average molecular weight is 304 g/mol. The topological polar surface area (TPSA) is 68.2 Å². The molecule has 2 aliphatic carbocycles. The van der Waals surface area contributed by atoms with Gasteiger partial charge in [-0.1, -0.05) is 11.6 Å². The summed E-state index contributed by atoms with van der Waals surface area (Å²) in [4.78, 5) is 7.31. The Morgan fingerprint density at radius 1 is 1.36 bits per heavy atom. The maximum atomic E-state index is 6.22. The van der Waals surface area contributed by atoms with Gasteiger partial charge in [-0.2, -0.15) is 4.98 Å². The van der Waals surface area contributed by atoms with Crippen molar-refractivity contribution in [2.45, 2.75) is 63.3 Å². The van der Waals surface area contributed by atoms with Gasteiger partial charge in [-0.05, 0) is 51.4 Å². The third-order valence-electron chi connectivity index (χ3n) is 5.63. The van der Waals surface area contributed by atoms with E-state index in [0.717, 1.165) is 43.7 Å². The average Bonchev–Trinajstić information content (AvgIpc) is 2.81. The van der Waals surface area contributed by atoms with E-state index in [9.17, 15) is 0 Å². The standard InChI is InChI=1S/C17H28N4O/c1-16(2,18)10-21-9-13-4-3-7-17(13,11-21)15-19-14(20-22-15)8-12-5-6-12/h12-13H,3-11,18H2,1-2H3/t13-,17-/m1/s1. The molecule has 3 fully saturated rings. The molecule has 1 aliphatic heterocycles. The second-order valence-corrected chi connectivity index (χ2v) is 8.57. The van der Waals surface area contributed by atoms with Crippen LogP contribution in [0.5, 0.6) is 0 Å². The van der Waals surface area contributed by atoms with Crippen LogP contribution in [0.15, 0.2) is 4.52 Å². The van der Waals surface area contributed by atoms with Crippen LogP contribution in [0.25, 0.3) is 0 Å². The molecule has 0 bridgehead atoms. The number of nitrogens with two attached hydrogens (primary N) is 1. The first-order valence-corrected chi connectivity index (χ1v) is 8.79. The number of hydrogen-bond acceptors (Lipinski definition) is 5. The molecule has 1 saturated heterocycles. The van der Waals surface area contributed by atoms with E-state index < -0.39 is 0 Å². The molecule has 0 unspecified atom stereocenters. The molecule has 2 saturated carbocycles. The molecule has 0 radical (unpaired) electrons. The minimum atomic E-state index is -0.147. The van der Waals surface area contributed by atoms with Crippen molar-refractivity contribution in [3.63, 3.8) is 0 Å². The number of likely N-dealkylation sites (tertiary alicyclic amines) is 1. The van der Waals surface area contributed by atoms with Crippen molar-refractivity contribution in [2.24, 2.45) is 17.6 Å². The number of hydrogen-bond donors (Lipinski definition) is 1. The molecular formula is C17H28N4O. The highest BCUT2D eigenvalue weighted by Gasteiger charge is 2.54. The van der Waals surface area contributed by atoms with Crippen molar-refractivity contribution in [1.29, 1.82) is 0 Å². The van der Waals surface area contributed by atoms with Crippen LogP contribution in [0.3, 0.4) is 0 Å². The van der Waals surface area contributed by atoms with Crippen molar-refractivity contribution in [2.75, 3.05) is 19.6 Å². The fourth-order valence-electron chi connectivity index (χ4n) is 4.56. The van der Waals surface area contributed by atoms with E-state index >= 15 is 0 Å². The third-order valence-corrected chi connectivity index (χ3v) is 5.63. The SMILES string of the molecule is CC(C)(N)CN1C[C@H]2CCC[C@@]2(c2nc(CC3CC3)no2)C1. The molecule has 22 heavy (non-hydrogen) atoms. The molecule has 0 aromatic carbocycles. The molecule has 5 nitrogen and oxygen atoms in total. The van der Waals surface area contributed by atoms with Gasteiger partial charge < -0.3 is 15.2 Å². The van der Waals surface area contributed by atoms with Crippen molar-refractivity contribution in [3.05, 3.63) is 11.7 Å². The molecule has 0 spiro atoms. The molecule has 0 amide bonds. The summed E-state index contributed by atoms with van der Waals surface area (Å²) in [7, 11) is 0. The van der Waals surface area contributed by atoms with Gasteiger partial charge in [0.2, 0.25) is 5.89 Å². The van der Waals surface area contributed by atoms with E-state index in [1.165, 1.54) is 32.1 Å². The Hall–Kier alpha value is -0.940. The van der Waals surface area contributed by atoms with Gasteiger partial charge in [-0.15, -0.1) is 0 Å². The van der Waals surface area contributed by atoms with E-state index in [0.29, 0.717) is 5.92 Å². The summed E-state index contributed by atoms with van der Waals surface area (Å²) in [6.07, 6.45) is 7.41. The predicted molar refractivity (Wildman–Crippen MR) is 84.5 cm³/mol. The van der Waals surface area contributed by atoms with Gasteiger partial charge in [0.05, 0.1) is 5.41 Å². The van der Waals surface area contributed by atoms with Gasteiger partial charge >= 0.3 is 0 Å².